The van der Waals surface area contributed by atoms with E-state index in [1.807, 2.05) is 13.2 Å². The minimum absolute atomic E-state index is 0.0541. The lowest BCUT2D eigenvalue weighted by atomic mass is 10.1. The molecule has 35 heavy (non-hydrogen) atoms. The highest BCUT2D eigenvalue weighted by Crippen LogP contribution is 2.38. The van der Waals surface area contributed by atoms with Crippen LogP contribution in [0.3, 0.4) is 0 Å². The third-order valence-electron chi connectivity index (χ3n) is 5.10. The Kier molecular flexibility index (Phi) is 7.85. The fourth-order valence-electron chi connectivity index (χ4n) is 3.27. The summed E-state index contributed by atoms with van der Waals surface area (Å²) < 4.78 is 3.52. The van der Waals surface area contributed by atoms with Crippen molar-refractivity contribution in [2.24, 2.45) is 0 Å². The molecule has 0 aliphatic heterocycles. The molecule has 4 rings (SSSR count). The van der Waals surface area contributed by atoms with Gasteiger partial charge in [0, 0.05) is 65.0 Å². The number of aromatic nitrogens is 2. The number of nitrogens with one attached hydrogen (secondary N) is 3. The normalized spacial score (nSPS) is 11.3. The van der Waals surface area contributed by atoms with Crippen LogP contribution in [0.4, 0.5) is 5.69 Å². The molecule has 0 saturated carbocycles. The highest BCUT2D eigenvalue weighted by Gasteiger charge is 2.16. The van der Waals surface area contributed by atoms with Crippen LogP contribution in [0.2, 0.25) is 0 Å². The predicted molar refractivity (Wildman–Crippen MR) is 147 cm³/mol. The zero-order valence-corrected chi connectivity index (χ0v) is 21.9. The van der Waals surface area contributed by atoms with Crippen molar-refractivity contribution in [2.45, 2.75) is 37.8 Å². The van der Waals surface area contributed by atoms with Gasteiger partial charge < -0.3 is 10.6 Å². The van der Waals surface area contributed by atoms with Crippen LogP contribution in [0.1, 0.15) is 36.7 Å². The first kappa shape index (κ1) is 24.9. The Labute approximate surface area is 214 Å². The van der Waals surface area contributed by atoms with Crippen LogP contribution < -0.4 is 15.4 Å². The second-order valence-corrected chi connectivity index (χ2v) is 10.9. The maximum absolute atomic E-state index is 12.5. The Morgan fingerprint density at radius 1 is 1.03 bits per heavy atom. The summed E-state index contributed by atoms with van der Waals surface area (Å²) in [6.07, 6.45) is 5.18. The van der Waals surface area contributed by atoms with Crippen molar-refractivity contribution in [3.63, 3.8) is 0 Å². The lowest BCUT2D eigenvalue weighted by molar-refractivity contribution is 0.0951. The summed E-state index contributed by atoms with van der Waals surface area (Å²) in [6, 6.07) is 18.0. The number of rotatable bonds is 8. The van der Waals surface area contributed by atoms with Crippen molar-refractivity contribution in [3.05, 3.63) is 84.3 Å². The average molecular weight is 504 g/mol. The monoisotopic (exact) mass is 503 g/mol. The van der Waals surface area contributed by atoms with Gasteiger partial charge in [0.1, 0.15) is 5.01 Å². The molecule has 6 nitrogen and oxygen atoms in total. The van der Waals surface area contributed by atoms with Crippen molar-refractivity contribution in [1.82, 2.24) is 20.0 Å². The standard InChI is InChI=1S/C27H29N5OS2/c1-27(2,3)32-35-23-15-18(16-30-25(33)19-11-13-29-14-12-19)5-10-22(23)24-17-31-26(34-24)20-6-8-21(28-4)9-7-20/h5-15,17,28,32H,16H2,1-4H3,(H,30,33). The minimum atomic E-state index is -0.116. The minimum Gasteiger partial charge on any atom is -0.388 e. The molecule has 0 aliphatic carbocycles. The maximum Gasteiger partial charge on any atom is 0.251 e. The summed E-state index contributed by atoms with van der Waals surface area (Å²) in [6.45, 7) is 6.85. The van der Waals surface area contributed by atoms with Gasteiger partial charge in [0.25, 0.3) is 5.91 Å². The molecule has 2 aromatic carbocycles. The topological polar surface area (TPSA) is 78.9 Å². The maximum atomic E-state index is 12.5. The molecular formula is C27H29N5OS2. The van der Waals surface area contributed by atoms with E-state index in [1.165, 1.54) is 0 Å². The van der Waals surface area contributed by atoms with Crippen molar-refractivity contribution in [2.75, 3.05) is 12.4 Å². The molecule has 0 spiro atoms. The molecule has 0 unspecified atom stereocenters. The molecule has 0 aliphatic rings. The van der Waals surface area contributed by atoms with E-state index in [0.29, 0.717) is 12.1 Å². The zero-order valence-electron chi connectivity index (χ0n) is 20.3. The van der Waals surface area contributed by atoms with E-state index in [1.54, 1.807) is 47.8 Å². The van der Waals surface area contributed by atoms with Crippen LogP contribution in [0.25, 0.3) is 21.0 Å². The molecule has 0 atom stereocenters. The second kappa shape index (κ2) is 11.0. The van der Waals surface area contributed by atoms with Gasteiger partial charge in [0.15, 0.2) is 0 Å². The molecule has 180 valence electrons. The molecule has 2 heterocycles. The number of carbonyl (C=O) groups is 1. The first-order valence-electron chi connectivity index (χ1n) is 11.3. The fourth-order valence-corrected chi connectivity index (χ4v) is 5.21. The lowest BCUT2D eigenvalue weighted by Gasteiger charge is -2.21. The van der Waals surface area contributed by atoms with Crippen LogP contribution >= 0.6 is 23.3 Å². The van der Waals surface area contributed by atoms with Crippen molar-refractivity contribution in [3.8, 4) is 21.0 Å². The van der Waals surface area contributed by atoms with Gasteiger partial charge in [0.2, 0.25) is 0 Å². The van der Waals surface area contributed by atoms with E-state index >= 15 is 0 Å². The summed E-state index contributed by atoms with van der Waals surface area (Å²) >= 11 is 3.28. The van der Waals surface area contributed by atoms with E-state index in [9.17, 15) is 4.79 Å². The summed E-state index contributed by atoms with van der Waals surface area (Å²) in [4.78, 5) is 23.3. The molecular weight excluding hydrogens is 474 g/mol. The summed E-state index contributed by atoms with van der Waals surface area (Å²) in [5.41, 5.74) is 4.86. The third-order valence-corrected chi connectivity index (χ3v) is 7.45. The van der Waals surface area contributed by atoms with Crippen LogP contribution in [-0.4, -0.2) is 28.5 Å². The van der Waals surface area contributed by atoms with Gasteiger partial charge in [-0.15, -0.1) is 11.3 Å². The van der Waals surface area contributed by atoms with E-state index in [4.69, 9.17) is 4.98 Å². The number of amides is 1. The van der Waals surface area contributed by atoms with E-state index in [0.717, 1.165) is 37.2 Å². The average Bonchev–Trinajstić information content (AvgIpc) is 3.36. The first-order chi connectivity index (χ1) is 16.8. The molecule has 0 fully saturated rings. The van der Waals surface area contributed by atoms with Gasteiger partial charge in [-0.25, -0.2) is 4.98 Å². The quantitative estimate of drug-likeness (QED) is 0.247. The molecule has 0 bridgehead atoms. The Morgan fingerprint density at radius 3 is 2.46 bits per heavy atom. The van der Waals surface area contributed by atoms with Crippen LogP contribution in [-0.2, 0) is 6.54 Å². The lowest BCUT2D eigenvalue weighted by Crippen LogP contribution is -2.29. The predicted octanol–water partition coefficient (Wildman–Crippen LogP) is 6.24. The van der Waals surface area contributed by atoms with Crippen molar-refractivity contribution >= 4 is 34.9 Å². The van der Waals surface area contributed by atoms with E-state index in [2.05, 4.69) is 83.6 Å². The summed E-state index contributed by atoms with van der Waals surface area (Å²) in [7, 11) is 1.91. The first-order valence-corrected chi connectivity index (χ1v) is 13.0. The fraction of sp³-hybridized carbons (Fsp3) is 0.222. The van der Waals surface area contributed by atoms with Gasteiger partial charge in [-0.2, -0.15) is 0 Å². The third kappa shape index (κ3) is 6.69. The number of benzene rings is 2. The van der Waals surface area contributed by atoms with Gasteiger partial charge in [0.05, 0.1) is 4.88 Å². The molecule has 1 amide bonds. The smallest absolute Gasteiger partial charge is 0.251 e. The Balaban J connectivity index is 1.57. The second-order valence-electron chi connectivity index (χ2n) is 9.06. The Bertz CT molecular complexity index is 1280. The van der Waals surface area contributed by atoms with Gasteiger partial charge in [-0.05, 0) is 80.7 Å². The van der Waals surface area contributed by atoms with Crippen LogP contribution in [0, 0.1) is 0 Å². The molecule has 4 aromatic rings. The van der Waals surface area contributed by atoms with Crippen molar-refractivity contribution in [1.29, 1.82) is 0 Å². The van der Waals surface area contributed by atoms with Gasteiger partial charge in [-0.3, -0.25) is 14.5 Å². The highest BCUT2D eigenvalue weighted by molar-refractivity contribution is 7.97. The van der Waals surface area contributed by atoms with Gasteiger partial charge in [-0.1, -0.05) is 12.1 Å². The molecule has 0 radical (unpaired) electrons. The Morgan fingerprint density at radius 2 is 1.77 bits per heavy atom. The molecule has 2 aromatic heterocycles. The number of carbonyl (C=O) groups excluding carboxylic acids is 1. The molecule has 8 heteroatoms. The number of anilines is 1. The number of thiazole rings is 1. The molecule has 0 saturated heterocycles. The summed E-state index contributed by atoms with van der Waals surface area (Å²) in [5.74, 6) is -0.116. The number of hydrogen-bond donors (Lipinski definition) is 3. The largest absolute Gasteiger partial charge is 0.388 e. The van der Waals surface area contributed by atoms with Crippen LogP contribution in [0.15, 0.2) is 78.1 Å². The number of nitrogens with zero attached hydrogens (tertiary/aromatic N) is 2. The summed E-state index contributed by atoms with van der Waals surface area (Å²) in [5, 5.41) is 7.13. The van der Waals surface area contributed by atoms with Crippen molar-refractivity contribution < 1.29 is 4.79 Å². The zero-order chi connectivity index (χ0) is 24.8. The number of pyridine rings is 1. The van der Waals surface area contributed by atoms with Gasteiger partial charge >= 0.3 is 0 Å². The Hall–Kier alpha value is -3.20. The van der Waals surface area contributed by atoms with E-state index < -0.39 is 0 Å². The van der Waals surface area contributed by atoms with Crippen LogP contribution in [0.5, 0.6) is 0 Å². The highest BCUT2D eigenvalue weighted by atomic mass is 32.2. The number of hydrogen-bond acceptors (Lipinski definition) is 7. The SMILES string of the molecule is CNc1ccc(-c2ncc(-c3ccc(CNC(=O)c4ccncc4)cc3SNC(C)(C)C)s2)cc1. The molecule has 3 N–H and O–H groups in total. The van der Waals surface area contributed by atoms with E-state index in [-0.39, 0.29) is 11.4 Å².